The van der Waals surface area contributed by atoms with Crippen molar-refractivity contribution in [1.29, 1.82) is 0 Å². The van der Waals surface area contributed by atoms with Gasteiger partial charge >= 0.3 is 12.3 Å². The van der Waals surface area contributed by atoms with E-state index in [0.29, 0.717) is 32.5 Å². The molecule has 4 rings (SSSR count). The molecule has 1 aliphatic heterocycles. The molecule has 188 valence electrons. The van der Waals surface area contributed by atoms with E-state index < -0.39 is 23.7 Å². The number of hydrogen-bond donors (Lipinski definition) is 2. The van der Waals surface area contributed by atoms with E-state index in [-0.39, 0.29) is 33.7 Å². The molecule has 0 spiro atoms. The van der Waals surface area contributed by atoms with E-state index in [2.05, 4.69) is 20.6 Å². The smallest absolute Gasteiger partial charge is 0.417 e. The first-order valence-corrected chi connectivity index (χ1v) is 11.9. The number of halogens is 3. The Bertz CT molecular complexity index is 1190. The summed E-state index contributed by atoms with van der Waals surface area (Å²) in [5, 5.41) is 6.61. The van der Waals surface area contributed by atoms with Crippen LogP contribution in [0.5, 0.6) is 0 Å². The van der Waals surface area contributed by atoms with E-state index in [4.69, 9.17) is 4.74 Å². The molecule has 1 aliphatic rings. The molecule has 3 aromatic rings. The fourth-order valence-electron chi connectivity index (χ4n) is 4.01. The van der Waals surface area contributed by atoms with Crippen LogP contribution in [0.1, 0.15) is 35.7 Å². The lowest BCUT2D eigenvalue weighted by atomic mass is 10.1. The molecule has 1 atom stereocenters. The minimum Gasteiger partial charge on any atom is -0.446 e. The summed E-state index contributed by atoms with van der Waals surface area (Å²) < 4.78 is 48.6. The van der Waals surface area contributed by atoms with Gasteiger partial charge in [-0.15, -0.1) is 11.3 Å². The van der Waals surface area contributed by atoms with Gasteiger partial charge in [0.2, 0.25) is 0 Å². The molecule has 2 N–H and O–H groups in total. The van der Waals surface area contributed by atoms with Crippen LogP contribution in [0.25, 0.3) is 10.2 Å². The van der Waals surface area contributed by atoms with Crippen LogP contribution in [0.3, 0.4) is 0 Å². The number of imidazole rings is 1. The maximum Gasteiger partial charge on any atom is 0.417 e. The van der Waals surface area contributed by atoms with Gasteiger partial charge in [-0.2, -0.15) is 13.2 Å². The number of rotatable bonds is 6. The summed E-state index contributed by atoms with van der Waals surface area (Å²) in [4.78, 5) is 34.5. The first-order chi connectivity index (χ1) is 16.7. The summed E-state index contributed by atoms with van der Waals surface area (Å²) in [6.45, 7) is 3.11. The highest BCUT2D eigenvalue weighted by molar-refractivity contribution is 7.17. The van der Waals surface area contributed by atoms with Crippen LogP contribution in [0.4, 0.5) is 23.8 Å². The van der Waals surface area contributed by atoms with Gasteiger partial charge in [0.25, 0.3) is 5.91 Å². The first kappa shape index (κ1) is 24.8. The molecule has 4 heterocycles. The summed E-state index contributed by atoms with van der Waals surface area (Å²) in [6, 6.07) is 0.853. The Morgan fingerprint density at radius 1 is 1.31 bits per heavy atom. The number of pyridine rings is 1. The highest BCUT2D eigenvalue weighted by atomic mass is 32.1. The number of alkyl carbamates (subject to hydrolysis) is 1. The normalized spacial score (nSPS) is 15.7. The summed E-state index contributed by atoms with van der Waals surface area (Å²) in [5.41, 5.74) is -0.675. The molecule has 0 radical (unpaired) electrons. The second kappa shape index (κ2) is 10.1. The zero-order chi connectivity index (χ0) is 25.2. The third-order valence-corrected chi connectivity index (χ3v) is 6.74. The largest absolute Gasteiger partial charge is 0.446 e. The Balaban J connectivity index is 1.42. The predicted molar refractivity (Wildman–Crippen MR) is 125 cm³/mol. The molecule has 35 heavy (non-hydrogen) atoms. The lowest BCUT2D eigenvalue weighted by molar-refractivity contribution is -0.136. The second-order valence-corrected chi connectivity index (χ2v) is 9.21. The number of nitrogens with one attached hydrogen (secondary N) is 2. The zero-order valence-electron chi connectivity index (χ0n) is 19.1. The number of aromatic nitrogens is 3. The van der Waals surface area contributed by atoms with Gasteiger partial charge in [-0.1, -0.05) is 0 Å². The SMILES string of the molecule is CNC(=O)c1csc2c(C(F)(F)F)cc(N3CCC(OC(=O)NC(C)Cn4ccnc4)CC3)nc12. The van der Waals surface area contributed by atoms with Crippen LogP contribution in [0.2, 0.25) is 0 Å². The molecule has 1 unspecified atom stereocenters. The monoisotopic (exact) mass is 510 g/mol. The van der Waals surface area contributed by atoms with Gasteiger partial charge in [0.1, 0.15) is 11.9 Å². The summed E-state index contributed by atoms with van der Waals surface area (Å²) >= 11 is 0.848. The fraction of sp³-hybridized carbons (Fsp3) is 0.455. The zero-order valence-corrected chi connectivity index (χ0v) is 19.9. The third kappa shape index (κ3) is 5.66. The fourth-order valence-corrected chi connectivity index (χ4v) is 5.03. The maximum absolute atomic E-state index is 13.8. The van der Waals surface area contributed by atoms with Crippen LogP contribution >= 0.6 is 11.3 Å². The van der Waals surface area contributed by atoms with E-state index in [0.717, 1.165) is 17.4 Å². The van der Waals surface area contributed by atoms with Gasteiger partial charge in [-0.3, -0.25) is 4.79 Å². The molecule has 2 amide bonds. The molecule has 13 heteroatoms. The van der Waals surface area contributed by atoms with Crippen LogP contribution < -0.4 is 15.5 Å². The number of hydrogen-bond acceptors (Lipinski definition) is 7. The lowest BCUT2D eigenvalue weighted by Crippen LogP contribution is -2.42. The van der Waals surface area contributed by atoms with E-state index in [1.807, 2.05) is 11.5 Å². The Labute approximate surface area is 203 Å². The predicted octanol–water partition coefficient (Wildman–Crippen LogP) is 3.65. The van der Waals surface area contributed by atoms with Gasteiger partial charge in [-0.05, 0) is 13.0 Å². The van der Waals surface area contributed by atoms with Gasteiger partial charge in [0.05, 0.1) is 27.7 Å². The lowest BCUT2D eigenvalue weighted by Gasteiger charge is -2.33. The van der Waals surface area contributed by atoms with Gasteiger partial charge in [0, 0.05) is 63.3 Å². The number of carbonyl (C=O) groups is 2. The average molecular weight is 511 g/mol. The third-order valence-electron chi connectivity index (χ3n) is 5.73. The molecule has 0 bridgehead atoms. The molecule has 0 saturated carbocycles. The Hall–Kier alpha value is -3.35. The highest BCUT2D eigenvalue weighted by Crippen LogP contribution is 2.40. The van der Waals surface area contributed by atoms with Crippen molar-refractivity contribution in [2.24, 2.45) is 0 Å². The molecule has 9 nitrogen and oxygen atoms in total. The molecule has 3 aromatic heterocycles. The minimum absolute atomic E-state index is 0.0313. The Morgan fingerprint density at radius 3 is 2.69 bits per heavy atom. The summed E-state index contributed by atoms with van der Waals surface area (Å²) in [7, 11) is 1.42. The van der Waals surface area contributed by atoms with Gasteiger partial charge in [0.15, 0.2) is 0 Å². The minimum atomic E-state index is -4.59. The van der Waals surface area contributed by atoms with Gasteiger partial charge in [-0.25, -0.2) is 14.8 Å². The number of piperidine rings is 1. The number of ether oxygens (including phenoxy) is 1. The molecule has 1 saturated heterocycles. The number of carbonyl (C=O) groups excluding carboxylic acids is 2. The van der Waals surface area contributed by atoms with Crippen LogP contribution in [-0.2, 0) is 17.5 Å². The van der Waals surface area contributed by atoms with E-state index in [1.54, 1.807) is 23.6 Å². The Kier molecular flexibility index (Phi) is 7.15. The van der Waals surface area contributed by atoms with Crippen molar-refractivity contribution < 1.29 is 27.5 Å². The van der Waals surface area contributed by atoms with Crippen LogP contribution in [0.15, 0.2) is 30.2 Å². The number of thiophene rings is 1. The van der Waals surface area contributed by atoms with Crippen molar-refractivity contribution in [3.63, 3.8) is 0 Å². The van der Waals surface area contributed by atoms with E-state index in [1.165, 1.54) is 12.4 Å². The van der Waals surface area contributed by atoms with Crippen molar-refractivity contribution in [2.75, 3.05) is 25.0 Å². The number of nitrogens with zero attached hydrogens (tertiary/aromatic N) is 4. The summed E-state index contributed by atoms with van der Waals surface area (Å²) in [5.74, 6) is -0.348. The molecule has 1 fully saturated rings. The average Bonchev–Trinajstić information content (AvgIpc) is 3.47. The molecule has 0 aromatic carbocycles. The molecule has 0 aliphatic carbocycles. The molecular weight excluding hydrogens is 485 g/mol. The van der Waals surface area contributed by atoms with Crippen molar-refractivity contribution in [3.05, 3.63) is 41.3 Å². The topological polar surface area (TPSA) is 101 Å². The van der Waals surface area contributed by atoms with E-state index >= 15 is 0 Å². The van der Waals surface area contributed by atoms with Crippen molar-refractivity contribution in [2.45, 2.75) is 44.6 Å². The van der Waals surface area contributed by atoms with Gasteiger partial charge < -0.3 is 24.8 Å². The van der Waals surface area contributed by atoms with Crippen molar-refractivity contribution >= 4 is 39.4 Å². The Morgan fingerprint density at radius 2 is 2.06 bits per heavy atom. The first-order valence-electron chi connectivity index (χ1n) is 11.0. The number of anilines is 1. The number of alkyl halides is 3. The number of amides is 2. The second-order valence-electron chi connectivity index (χ2n) is 8.33. The number of fused-ring (bicyclic) bond motifs is 1. The van der Waals surface area contributed by atoms with Crippen molar-refractivity contribution in [1.82, 2.24) is 25.2 Å². The van der Waals surface area contributed by atoms with E-state index in [9.17, 15) is 22.8 Å². The summed E-state index contributed by atoms with van der Waals surface area (Å²) in [6.07, 6.45) is 0.496. The van der Waals surface area contributed by atoms with Crippen LogP contribution in [0, 0.1) is 0 Å². The highest BCUT2D eigenvalue weighted by Gasteiger charge is 2.36. The quantitative estimate of drug-likeness (QED) is 0.525. The maximum atomic E-state index is 13.8. The molecular formula is C22H25F3N6O3S. The van der Waals surface area contributed by atoms with Crippen LogP contribution in [-0.4, -0.2) is 58.8 Å². The van der Waals surface area contributed by atoms with Crippen molar-refractivity contribution in [3.8, 4) is 0 Å². The standard InChI is InChI=1S/C22H25F3N6O3S/c1-13(10-30-8-5-27-12-30)28-21(33)34-14-3-6-31(7-4-14)17-9-16(22(23,24)25)19-18(29-17)15(11-35-19)20(32)26-2/h5,8-9,11-14H,3-4,6-7,10H2,1-2H3,(H,26,32)(H,28,33).